The van der Waals surface area contributed by atoms with Crippen LogP contribution < -0.4 is 0 Å². The maximum atomic E-state index is 12.7. The first-order valence-corrected chi connectivity index (χ1v) is 9.62. The van der Waals surface area contributed by atoms with Gasteiger partial charge < -0.3 is 9.42 Å². The van der Waals surface area contributed by atoms with Crippen molar-refractivity contribution in [1.29, 1.82) is 0 Å². The van der Waals surface area contributed by atoms with Crippen LogP contribution in [0, 0.1) is 0 Å². The van der Waals surface area contributed by atoms with Gasteiger partial charge in [0.05, 0.1) is 5.56 Å². The van der Waals surface area contributed by atoms with Crippen LogP contribution in [-0.4, -0.2) is 40.0 Å². The largest absolute Gasteiger partial charge is 0.447 e. The first-order chi connectivity index (χ1) is 13.8. The standard InChI is InChI=1S/C20H18F3N3O2S/c1-26(19(27)16-10-5-11-24-18(16)29-20(21,22)23)12-6-9-15-13-17(25-28-15)14-7-3-2-4-8-14/h2-5,7-8,10-11,13H,6,9,12H2,1H3. The van der Waals surface area contributed by atoms with E-state index in [1.165, 1.54) is 23.2 Å². The fourth-order valence-electron chi connectivity index (χ4n) is 2.72. The van der Waals surface area contributed by atoms with Crippen LogP contribution in [0.3, 0.4) is 0 Å². The van der Waals surface area contributed by atoms with E-state index in [0.29, 0.717) is 25.1 Å². The van der Waals surface area contributed by atoms with Crippen LogP contribution in [0.2, 0.25) is 0 Å². The molecule has 1 amide bonds. The van der Waals surface area contributed by atoms with Crippen molar-refractivity contribution in [3.8, 4) is 11.3 Å². The van der Waals surface area contributed by atoms with Crippen LogP contribution in [0.25, 0.3) is 11.3 Å². The van der Waals surface area contributed by atoms with Gasteiger partial charge in [0.1, 0.15) is 16.5 Å². The van der Waals surface area contributed by atoms with E-state index in [-0.39, 0.29) is 22.4 Å². The maximum Gasteiger partial charge on any atom is 0.447 e. The van der Waals surface area contributed by atoms with Gasteiger partial charge in [-0.05, 0) is 18.6 Å². The fourth-order valence-corrected chi connectivity index (χ4v) is 3.32. The number of halogens is 3. The zero-order valence-electron chi connectivity index (χ0n) is 15.5. The van der Waals surface area contributed by atoms with E-state index in [1.807, 2.05) is 36.4 Å². The summed E-state index contributed by atoms with van der Waals surface area (Å²) in [6.45, 7) is 0.352. The minimum atomic E-state index is -4.51. The van der Waals surface area contributed by atoms with Crippen LogP contribution in [0.5, 0.6) is 0 Å². The zero-order valence-corrected chi connectivity index (χ0v) is 16.3. The summed E-state index contributed by atoms with van der Waals surface area (Å²) in [5.41, 5.74) is -2.90. The van der Waals surface area contributed by atoms with Crippen LogP contribution in [-0.2, 0) is 6.42 Å². The fraction of sp³-hybridized carbons (Fsp3) is 0.250. The number of carbonyl (C=O) groups excluding carboxylic acids is 1. The molecule has 2 aromatic heterocycles. The Hall–Kier alpha value is -2.81. The van der Waals surface area contributed by atoms with Crippen LogP contribution >= 0.6 is 11.8 Å². The number of aryl methyl sites for hydroxylation is 1. The number of pyridine rings is 1. The highest BCUT2D eigenvalue weighted by molar-refractivity contribution is 8.00. The van der Waals surface area contributed by atoms with Crippen molar-refractivity contribution in [2.24, 2.45) is 0 Å². The van der Waals surface area contributed by atoms with Gasteiger partial charge in [-0.3, -0.25) is 4.79 Å². The molecular weight excluding hydrogens is 403 g/mol. The number of thioether (sulfide) groups is 1. The molecule has 3 aromatic rings. The van der Waals surface area contributed by atoms with Gasteiger partial charge >= 0.3 is 5.51 Å². The van der Waals surface area contributed by atoms with E-state index in [0.717, 1.165) is 11.3 Å². The lowest BCUT2D eigenvalue weighted by Gasteiger charge is -2.18. The number of rotatable bonds is 7. The number of amides is 1. The molecule has 0 aliphatic heterocycles. The van der Waals surface area contributed by atoms with E-state index < -0.39 is 11.4 Å². The van der Waals surface area contributed by atoms with Gasteiger partial charge in [-0.15, -0.1) is 0 Å². The van der Waals surface area contributed by atoms with Crippen molar-refractivity contribution >= 4 is 17.7 Å². The van der Waals surface area contributed by atoms with Gasteiger partial charge in [0, 0.05) is 49.6 Å². The molecule has 0 spiro atoms. The van der Waals surface area contributed by atoms with Gasteiger partial charge in [-0.2, -0.15) is 13.2 Å². The van der Waals surface area contributed by atoms with Gasteiger partial charge in [-0.25, -0.2) is 4.98 Å². The smallest absolute Gasteiger partial charge is 0.361 e. The number of hydrogen-bond acceptors (Lipinski definition) is 5. The second kappa shape index (κ2) is 9.13. The Balaban J connectivity index is 1.57. The summed E-state index contributed by atoms with van der Waals surface area (Å²) in [4.78, 5) is 17.6. The maximum absolute atomic E-state index is 12.7. The molecule has 29 heavy (non-hydrogen) atoms. The Morgan fingerprint density at radius 1 is 1.17 bits per heavy atom. The summed E-state index contributed by atoms with van der Waals surface area (Å²) in [5, 5.41) is 3.69. The highest BCUT2D eigenvalue weighted by atomic mass is 32.2. The number of alkyl halides is 3. The molecule has 0 bridgehead atoms. The van der Waals surface area contributed by atoms with Crippen molar-refractivity contribution in [1.82, 2.24) is 15.0 Å². The highest BCUT2D eigenvalue weighted by Gasteiger charge is 2.32. The summed E-state index contributed by atoms with van der Waals surface area (Å²) >= 11 is -0.387. The lowest BCUT2D eigenvalue weighted by atomic mass is 10.1. The Morgan fingerprint density at radius 3 is 2.66 bits per heavy atom. The van der Waals surface area contributed by atoms with E-state index in [9.17, 15) is 18.0 Å². The number of nitrogens with zero attached hydrogens (tertiary/aromatic N) is 3. The molecule has 1 aromatic carbocycles. The lowest BCUT2D eigenvalue weighted by Crippen LogP contribution is -2.28. The molecule has 0 N–H and O–H groups in total. The monoisotopic (exact) mass is 421 g/mol. The van der Waals surface area contributed by atoms with Crippen LogP contribution in [0.4, 0.5) is 13.2 Å². The molecule has 2 heterocycles. The Labute approximate surface area is 169 Å². The summed E-state index contributed by atoms with van der Waals surface area (Å²) in [6, 6.07) is 14.2. The normalized spacial score (nSPS) is 11.4. The van der Waals surface area contributed by atoms with Crippen molar-refractivity contribution in [3.63, 3.8) is 0 Å². The van der Waals surface area contributed by atoms with Gasteiger partial charge in [0.15, 0.2) is 0 Å². The van der Waals surface area contributed by atoms with E-state index in [1.54, 1.807) is 7.05 Å². The molecule has 5 nitrogen and oxygen atoms in total. The molecule has 0 saturated carbocycles. The number of hydrogen-bond donors (Lipinski definition) is 0. The quantitative estimate of drug-likeness (QED) is 0.500. The average Bonchev–Trinajstić information content (AvgIpc) is 3.16. The summed E-state index contributed by atoms with van der Waals surface area (Å²) < 4.78 is 43.4. The molecule has 0 radical (unpaired) electrons. The molecule has 9 heteroatoms. The molecule has 0 atom stereocenters. The van der Waals surface area contributed by atoms with Crippen molar-refractivity contribution in [2.75, 3.05) is 13.6 Å². The molecular formula is C20H18F3N3O2S. The minimum absolute atomic E-state index is 0.0663. The Kier molecular flexibility index (Phi) is 6.58. The molecule has 0 aliphatic rings. The summed E-state index contributed by atoms with van der Waals surface area (Å²) in [6.07, 6.45) is 2.36. The van der Waals surface area contributed by atoms with Crippen molar-refractivity contribution in [3.05, 3.63) is 66.1 Å². The Morgan fingerprint density at radius 2 is 1.93 bits per heavy atom. The van der Waals surface area contributed by atoms with Gasteiger partial charge in [-0.1, -0.05) is 35.5 Å². The third-order valence-electron chi connectivity index (χ3n) is 4.11. The predicted molar refractivity (Wildman–Crippen MR) is 103 cm³/mol. The molecule has 3 rings (SSSR count). The SMILES string of the molecule is CN(CCCc1cc(-c2ccccc2)no1)C(=O)c1cccnc1SC(F)(F)F. The molecule has 0 unspecified atom stereocenters. The van der Waals surface area contributed by atoms with Crippen LogP contribution in [0.15, 0.2) is 64.3 Å². The molecule has 0 saturated heterocycles. The average molecular weight is 421 g/mol. The lowest BCUT2D eigenvalue weighted by molar-refractivity contribution is -0.0329. The van der Waals surface area contributed by atoms with E-state index in [4.69, 9.17) is 4.52 Å². The predicted octanol–water partition coefficient (Wildman–Crippen LogP) is 5.05. The van der Waals surface area contributed by atoms with E-state index >= 15 is 0 Å². The topological polar surface area (TPSA) is 59.2 Å². The molecule has 0 fully saturated rings. The zero-order chi connectivity index (χ0) is 20.9. The van der Waals surface area contributed by atoms with E-state index in [2.05, 4.69) is 10.1 Å². The van der Waals surface area contributed by atoms with Crippen molar-refractivity contribution < 1.29 is 22.5 Å². The second-order valence-corrected chi connectivity index (χ2v) is 7.33. The number of aromatic nitrogens is 2. The highest BCUT2D eigenvalue weighted by Crippen LogP contribution is 2.37. The second-order valence-electron chi connectivity index (χ2n) is 6.28. The molecule has 152 valence electrons. The summed E-state index contributed by atoms with van der Waals surface area (Å²) in [7, 11) is 1.55. The van der Waals surface area contributed by atoms with Crippen molar-refractivity contribution in [2.45, 2.75) is 23.4 Å². The summed E-state index contributed by atoms with van der Waals surface area (Å²) in [5.74, 6) is 0.173. The molecule has 0 aliphatic carbocycles. The third kappa shape index (κ3) is 5.83. The first-order valence-electron chi connectivity index (χ1n) is 8.81. The number of carbonyl (C=O) groups is 1. The Bertz CT molecular complexity index is 961. The van der Waals surface area contributed by atoms with Crippen LogP contribution in [0.1, 0.15) is 22.5 Å². The number of benzene rings is 1. The first kappa shape index (κ1) is 20.9. The minimum Gasteiger partial charge on any atom is -0.361 e. The third-order valence-corrected chi connectivity index (χ3v) is 4.86. The van der Waals surface area contributed by atoms with Gasteiger partial charge in [0.2, 0.25) is 0 Å². The van der Waals surface area contributed by atoms with Gasteiger partial charge in [0.25, 0.3) is 5.91 Å².